The van der Waals surface area contributed by atoms with E-state index in [1.54, 1.807) is 26.8 Å². The van der Waals surface area contributed by atoms with E-state index in [1.807, 2.05) is 0 Å². The molecular weight excluding hydrogens is 407 g/mol. The molecule has 0 fully saturated rings. The number of rotatable bonds is 6. The fourth-order valence-electron chi connectivity index (χ4n) is 2.80. The van der Waals surface area contributed by atoms with Gasteiger partial charge in [0.15, 0.2) is 23.2 Å². The van der Waals surface area contributed by atoms with E-state index in [-0.39, 0.29) is 29.7 Å². The summed E-state index contributed by atoms with van der Waals surface area (Å²) in [5, 5.41) is 20.8. The van der Waals surface area contributed by atoms with Crippen LogP contribution in [0.15, 0.2) is 45.6 Å². The van der Waals surface area contributed by atoms with Crippen molar-refractivity contribution >= 4 is 11.7 Å². The van der Waals surface area contributed by atoms with Crippen molar-refractivity contribution in [2.75, 3.05) is 5.32 Å². The molecule has 2 N–H and O–H groups in total. The second-order valence-corrected chi connectivity index (χ2v) is 7.32. The average Bonchev–Trinajstić information content (AvgIpc) is 3.42. The maximum atomic E-state index is 13.6. The monoisotopic (exact) mass is 426 g/mol. The van der Waals surface area contributed by atoms with Gasteiger partial charge in [0.2, 0.25) is 5.89 Å². The van der Waals surface area contributed by atoms with E-state index in [2.05, 4.69) is 25.5 Å². The highest BCUT2D eigenvalue weighted by atomic mass is 19.1. The molecule has 0 aliphatic carbocycles. The molecule has 0 spiro atoms. The van der Waals surface area contributed by atoms with Crippen LogP contribution in [0.3, 0.4) is 0 Å². The number of aliphatic hydroxyl groups is 1. The number of nitrogens with one attached hydrogen (secondary N) is 1. The molecule has 3 aromatic heterocycles. The fraction of sp³-hybridized carbons (Fsp3) is 0.250. The first-order valence-corrected chi connectivity index (χ1v) is 9.31. The molecule has 0 atom stereocenters. The highest BCUT2D eigenvalue weighted by Gasteiger charge is 2.23. The van der Waals surface area contributed by atoms with Gasteiger partial charge in [-0.25, -0.2) is 14.4 Å². The van der Waals surface area contributed by atoms with Crippen molar-refractivity contribution in [2.45, 2.75) is 32.9 Å². The number of nitrogens with zero attached hydrogens (tertiary/aromatic N) is 5. The number of amides is 1. The zero-order valence-electron chi connectivity index (χ0n) is 17.0. The van der Waals surface area contributed by atoms with Crippen LogP contribution in [0.4, 0.5) is 10.2 Å². The summed E-state index contributed by atoms with van der Waals surface area (Å²) in [7, 11) is 0. The van der Waals surface area contributed by atoms with Gasteiger partial charge in [0.25, 0.3) is 5.91 Å². The van der Waals surface area contributed by atoms with Gasteiger partial charge in [0.1, 0.15) is 29.9 Å². The Morgan fingerprint density at radius 3 is 2.84 bits per heavy atom. The number of hydrogen-bond donors (Lipinski definition) is 2. The lowest BCUT2D eigenvalue weighted by atomic mass is 10.1. The summed E-state index contributed by atoms with van der Waals surface area (Å²) in [4.78, 5) is 22.3. The van der Waals surface area contributed by atoms with Gasteiger partial charge in [-0.3, -0.25) is 4.79 Å². The van der Waals surface area contributed by atoms with Gasteiger partial charge in [-0.15, -0.1) is 5.10 Å². The molecule has 4 aromatic rings. The maximum Gasteiger partial charge on any atom is 0.279 e. The molecule has 0 saturated carbocycles. The predicted molar refractivity (Wildman–Crippen MR) is 105 cm³/mol. The molecule has 0 aliphatic rings. The van der Waals surface area contributed by atoms with E-state index in [0.29, 0.717) is 17.1 Å². The minimum atomic E-state index is -1.13. The van der Waals surface area contributed by atoms with Crippen LogP contribution in [0.5, 0.6) is 0 Å². The van der Waals surface area contributed by atoms with Crippen molar-refractivity contribution in [2.24, 2.45) is 0 Å². The molecule has 0 radical (unpaired) electrons. The molecule has 0 saturated heterocycles. The molecule has 160 valence electrons. The lowest BCUT2D eigenvalue weighted by Gasteiger charge is -2.11. The van der Waals surface area contributed by atoms with Crippen molar-refractivity contribution in [3.8, 4) is 11.3 Å². The summed E-state index contributed by atoms with van der Waals surface area (Å²) in [5.74, 6) is -0.152. The number of oxazole rings is 2. The number of aryl methyl sites for hydroxylation is 1. The molecule has 31 heavy (non-hydrogen) atoms. The van der Waals surface area contributed by atoms with Gasteiger partial charge in [-0.05, 0) is 26.0 Å². The molecule has 1 amide bonds. The van der Waals surface area contributed by atoms with Crippen LogP contribution in [0.2, 0.25) is 0 Å². The molecule has 10 nitrogen and oxygen atoms in total. The Balaban J connectivity index is 1.49. The third-order valence-electron chi connectivity index (χ3n) is 4.27. The van der Waals surface area contributed by atoms with Crippen LogP contribution >= 0.6 is 0 Å². The molecular formula is C20H19FN6O4. The summed E-state index contributed by atoms with van der Waals surface area (Å²) in [6, 6.07) is 5.69. The van der Waals surface area contributed by atoms with Crippen molar-refractivity contribution in [1.82, 2.24) is 25.0 Å². The molecule has 0 unspecified atom stereocenters. The Morgan fingerprint density at radius 2 is 2.13 bits per heavy atom. The first-order valence-electron chi connectivity index (χ1n) is 9.31. The lowest BCUT2D eigenvalue weighted by molar-refractivity contribution is 0.0737. The average molecular weight is 426 g/mol. The van der Waals surface area contributed by atoms with Gasteiger partial charge in [0.05, 0.1) is 6.20 Å². The maximum absolute atomic E-state index is 13.6. The zero-order valence-corrected chi connectivity index (χ0v) is 17.0. The van der Waals surface area contributed by atoms with Crippen molar-refractivity contribution in [3.63, 3.8) is 0 Å². The van der Waals surface area contributed by atoms with Gasteiger partial charge >= 0.3 is 0 Å². The number of hydrogen-bond acceptors (Lipinski definition) is 8. The topological polar surface area (TPSA) is 132 Å². The van der Waals surface area contributed by atoms with Crippen LogP contribution in [-0.2, 0) is 12.1 Å². The number of aromatic nitrogens is 5. The molecule has 0 aliphatic heterocycles. The summed E-state index contributed by atoms with van der Waals surface area (Å²) < 4.78 is 24.4. The number of benzene rings is 1. The molecule has 1 aromatic carbocycles. The number of carbonyl (C=O) groups excluding carboxylic acids is 1. The molecule has 0 bridgehead atoms. The second-order valence-electron chi connectivity index (χ2n) is 7.32. The summed E-state index contributed by atoms with van der Waals surface area (Å²) in [6.45, 7) is 4.88. The highest BCUT2D eigenvalue weighted by Crippen LogP contribution is 2.26. The van der Waals surface area contributed by atoms with Gasteiger partial charge in [-0.2, -0.15) is 9.90 Å². The number of halogens is 1. The van der Waals surface area contributed by atoms with E-state index >= 15 is 0 Å². The van der Waals surface area contributed by atoms with Crippen molar-refractivity contribution in [1.29, 1.82) is 0 Å². The largest absolute Gasteiger partial charge is 0.446 e. The Morgan fingerprint density at radius 1 is 1.32 bits per heavy atom. The van der Waals surface area contributed by atoms with E-state index in [4.69, 9.17) is 8.83 Å². The van der Waals surface area contributed by atoms with E-state index in [1.165, 1.54) is 35.5 Å². The van der Waals surface area contributed by atoms with Gasteiger partial charge in [0, 0.05) is 12.5 Å². The summed E-state index contributed by atoms with van der Waals surface area (Å²) in [6.07, 6.45) is 2.72. The standard InChI is InChI=1S/C20H19FN6O4/c1-11-23-17(18(31-11)12-5-4-6-13(21)7-12)19(28)25-15-8-22-27(26-15)9-16-24-14(10-30-16)20(2,3)29/h4-8,10,29H,9H2,1-3H3,(H,25,26,28). The smallest absolute Gasteiger partial charge is 0.279 e. The van der Waals surface area contributed by atoms with E-state index in [0.717, 1.165) is 0 Å². The first-order chi connectivity index (χ1) is 14.7. The van der Waals surface area contributed by atoms with Crippen LogP contribution in [-0.4, -0.2) is 36.0 Å². The Bertz CT molecular complexity index is 1240. The normalized spacial score (nSPS) is 11.6. The Kier molecular flexibility index (Phi) is 5.11. The second kappa shape index (κ2) is 7.76. The minimum Gasteiger partial charge on any atom is -0.446 e. The van der Waals surface area contributed by atoms with Gasteiger partial charge in [-0.1, -0.05) is 12.1 Å². The fourth-order valence-corrected chi connectivity index (χ4v) is 2.80. The van der Waals surface area contributed by atoms with Crippen molar-refractivity contribution < 1.29 is 23.1 Å². The lowest BCUT2D eigenvalue weighted by Crippen LogP contribution is -2.16. The Labute approximate surface area is 175 Å². The highest BCUT2D eigenvalue weighted by molar-refractivity contribution is 6.05. The SMILES string of the molecule is Cc1nc(C(=O)Nc2cnn(Cc3nc(C(C)(C)O)co3)n2)c(-c2cccc(F)c2)o1. The van der Waals surface area contributed by atoms with Crippen LogP contribution in [0, 0.1) is 12.7 Å². The third kappa shape index (κ3) is 4.51. The molecule has 4 rings (SSSR count). The zero-order chi connectivity index (χ0) is 22.2. The van der Waals surface area contributed by atoms with E-state index in [9.17, 15) is 14.3 Å². The van der Waals surface area contributed by atoms with Gasteiger partial charge < -0.3 is 19.3 Å². The molecule has 11 heteroatoms. The third-order valence-corrected chi connectivity index (χ3v) is 4.27. The van der Waals surface area contributed by atoms with Crippen LogP contribution < -0.4 is 5.32 Å². The minimum absolute atomic E-state index is 0.000158. The van der Waals surface area contributed by atoms with Crippen LogP contribution in [0.1, 0.15) is 41.8 Å². The predicted octanol–water partition coefficient (Wildman–Crippen LogP) is 2.90. The van der Waals surface area contributed by atoms with Crippen LogP contribution in [0.25, 0.3) is 11.3 Å². The number of anilines is 1. The summed E-state index contributed by atoms with van der Waals surface area (Å²) in [5.41, 5.74) is -0.358. The Hall–Kier alpha value is -3.86. The summed E-state index contributed by atoms with van der Waals surface area (Å²) >= 11 is 0. The number of carbonyl (C=O) groups is 1. The quantitative estimate of drug-likeness (QED) is 0.481. The first kappa shape index (κ1) is 20.4. The molecule has 3 heterocycles. The van der Waals surface area contributed by atoms with Crippen molar-refractivity contribution in [3.05, 3.63) is 65.7 Å². The van der Waals surface area contributed by atoms with E-state index < -0.39 is 17.3 Å².